The maximum absolute atomic E-state index is 14.8. The Bertz CT molecular complexity index is 1360. The molecule has 0 unspecified atom stereocenters. The van der Waals surface area contributed by atoms with Crippen LogP contribution in [-0.4, -0.2) is 18.8 Å². The predicted octanol–water partition coefficient (Wildman–Crippen LogP) is 8.88. The fourth-order valence-corrected chi connectivity index (χ4v) is 4.40. The lowest BCUT2D eigenvalue weighted by atomic mass is 9.89. The zero-order valence-electron chi connectivity index (χ0n) is 21.2. The van der Waals surface area contributed by atoms with Gasteiger partial charge in [0.05, 0.1) is 17.2 Å². The lowest BCUT2D eigenvalue weighted by Crippen LogP contribution is -2.34. The zero-order valence-corrected chi connectivity index (χ0v) is 21.2. The normalized spacial score (nSPS) is 17.9. The number of benzene rings is 3. The average Bonchev–Trinajstić information content (AvgIpc) is 2.86. The molecule has 0 bridgehead atoms. The molecule has 3 aromatic carbocycles. The topological polar surface area (TPSA) is 27.7 Å². The summed E-state index contributed by atoms with van der Waals surface area (Å²) >= 11 is 0. The Kier molecular flexibility index (Phi) is 8.76. The first-order valence-electron chi connectivity index (χ1n) is 12.3. The van der Waals surface area contributed by atoms with Crippen molar-refractivity contribution in [3.63, 3.8) is 0 Å². The van der Waals surface area contributed by atoms with Crippen LogP contribution in [0.3, 0.4) is 0 Å². The summed E-state index contributed by atoms with van der Waals surface area (Å²) in [5.41, 5.74) is -3.02. The van der Waals surface area contributed by atoms with Crippen molar-refractivity contribution in [2.45, 2.75) is 50.9 Å². The molecule has 1 fully saturated rings. The van der Waals surface area contributed by atoms with Crippen LogP contribution in [0.1, 0.15) is 38.2 Å². The van der Waals surface area contributed by atoms with Crippen LogP contribution in [0.25, 0.3) is 11.1 Å². The molecule has 0 aromatic heterocycles. The van der Waals surface area contributed by atoms with E-state index in [1.165, 1.54) is 0 Å². The first-order valence-corrected chi connectivity index (χ1v) is 12.3. The van der Waals surface area contributed by atoms with Crippen molar-refractivity contribution in [3.8, 4) is 22.6 Å². The van der Waals surface area contributed by atoms with E-state index >= 15 is 0 Å². The Balaban J connectivity index is 1.49. The Morgan fingerprint density at radius 3 is 1.78 bits per heavy atom. The number of halogens is 10. The highest BCUT2D eigenvalue weighted by atomic mass is 19.3. The molecule has 4 rings (SSSR count). The van der Waals surface area contributed by atoms with Crippen molar-refractivity contribution in [3.05, 3.63) is 82.9 Å². The van der Waals surface area contributed by atoms with E-state index in [0.29, 0.717) is 49.1 Å². The van der Waals surface area contributed by atoms with Gasteiger partial charge < -0.3 is 14.2 Å². The Labute approximate surface area is 227 Å². The average molecular weight is 596 g/mol. The van der Waals surface area contributed by atoms with E-state index in [1.54, 1.807) is 0 Å². The van der Waals surface area contributed by atoms with Gasteiger partial charge in [-0.25, -0.2) is 26.3 Å². The molecule has 0 aliphatic heterocycles. The molecule has 1 aliphatic rings. The molecule has 0 atom stereocenters. The number of rotatable bonds is 9. The van der Waals surface area contributed by atoms with Gasteiger partial charge in [0.15, 0.2) is 24.1 Å². The second kappa shape index (κ2) is 11.8. The highest BCUT2D eigenvalue weighted by Gasteiger charge is 2.39. The predicted molar refractivity (Wildman–Crippen MR) is 126 cm³/mol. The van der Waals surface area contributed by atoms with Crippen LogP contribution >= 0.6 is 0 Å². The summed E-state index contributed by atoms with van der Waals surface area (Å²) in [5, 5.41) is 0. The van der Waals surface area contributed by atoms with Crippen LogP contribution in [0.4, 0.5) is 43.9 Å². The van der Waals surface area contributed by atoms with Crippen molar-refractivity contribution < 1.29 is 58.1 Å². The zero-order chi connectivity index (χ0) is 30.1. The third-order valence-electron chi connectivity index (χ3n) is 6.51. The quantitative estimate of drug-likeness (QED) is 0.183. The lowest BCUT2D eigenvalue weighted by Gasteiger charge is -2.28. The van der Waals surface area contributed by atoms with Crippen LogP contribution in [0.15, 0.2) is 42.5 Å². The van der Waals surface area contributed by atoms with Crippen LogP contribution in [0.5, 0.6) is 11.5 Å². The van der Waals surface area contributed by atoms with Gasteiger partial charge in [-0.05, 0) is 49.3 Å². The highest BCUT2D eigenvalue weighted by Crippen LogP contribution is 2.38. The van der Waals surface area contributed by atoms with E-state index in [-0.39, 0.29) is 12.1 Å². The molecule has 0 amide bonds. The Morgan fingerprint density at radius 2 is 1.22 bits per heavy atom. The third kappa shape index (κ3) is 7.24. The molecule has 13 heteroatoms. The molecule has 0 spiro atoms. The van der Waals surface area contributed by atoms with E-state index in [2.05, 4.69) is 9.47 Å². The van der Waals surface area contributed by atoms with Crippen LogP contribution < -0.4 is 9.47 Å². The largest absolute Gasteiger partial charge is 0.431 e. The number of alkyl halides is 4. The molecule has 3 aromatic rings. The van der Waals surface area contributed by atoms with Gasteiger partial charge in [0, 0.05) is 24.3 Å². The molecular formula is C28H22F10O3. The van der Waals surface area contributed by atoms with Crippen LogP contribution in [0.2, 0.25) is 0 Å². The maximum atomic E-state index is 14.8. The monoisotopic (exact) mass is 596 g/mol. The second-order valence-corrected chi connectivity index (χ2v) is 9.71. The molecule has 0 saturated heterocycles. The van der Waals surface area contributed by atoms with Gasteiger partial charge >= 0.3 is 12.2 Å². The molecule has 222 valence electrons. The standard InChI is InChI=1S/C28H22F10O3/c1-14-2-5-16(6-3-14)39-13-27(35,36)40-17-9-21(30)25(22(31)10-17)15-4-7-19(20(29)8-15)28(37,38)41-18-11-23(32)26(34)24(33)12-18/h4,7-12,14,16H,2-3,5-6,13H2,1H3. The summed E-state index contributed by atoms with van der Waals surface area (Å²) in [5.74, 6) is -11.9. The minimum absolute atomic E-state index is 0.110. The molecule has 0 N–H and O–H groups in total. The fraction of sp³-hybridized carbons (Fsp3) is 0.357. The summed E-state index contributed by atoms with van der Waals surface area (Å²) in [6, 6.07) is 2.43. The second-order valence-electron chi connectivity index (χ2n) is 9.71. The van der Waals surface area contributed by atoms with Gasteiger partial charge in [-0.1, -0.05) is 13.0 Å². The molecular weight excluding hydrogens is 574 g/mol. The van der Waals surface area contributed by atoms with Gasteiger partial charge in [-0.15, -0.1) is 0 Å². The number of ether oxygens (including phenoxy) is 3. The lowest BCUT2D eigenvalue weighted by molar-refractivity contribution is -0.222. The molecule has 0 heterocycles. The van der Waals surface area contributed by atoms with Crippen LogP contribution in [-0.2, 0) is 10.8 Å². The Morgan fingerprint density at radius 1 is 0.683 bits per heavy atom. The minimum Gasteiger partial charge on any atom is -0.431 e. The summed E-state index contributed by atoms with van der Waals surface area (Å²) < 4.78 is 155. The van der Waals surface area contributed by atoms with Crippen molar-refractivity contribution >= 4 is 0 Å². The molecule has 41 heavy (non-hydrogen) atoms. The van der Waals surface area contributed by atoms with Gasteiger partial charge in [-0.3, -0.25) is 0 Å². The maximum Gasteiger partial charge on any atom is 0.429 e. The SMILES string of the molecule is CC1CCC(OCC(F)(F)Oc2cc(F)c(-c3ccc(C(F)(F)Oc4cc(F)c(F)c(F)c4)c(F)c3)c(F)c2)CC1. The minimum atomic E-state index is -4.56. The van der Waals surface area contributed by atoms with E-state index in [1.807, 2.05) is 6.92 Å². The first kappa shape index (κ1) is 30.5. The fourth-order valence-electron chi connectivity index (χ4n) is 4.40. The van der Waals surface area contributed by atoms with E-state index in [0.717, 1.165) is 12.8 Å². The summed E-state index contributed by atoms with van der Waals surface area (Å²) in [4.78, 5) is 0. The molecule has 1 aliphatic carbocycles. The number of hydrogen-bond donors (Lipinski definition) is 0. The van der Waals surface area contributed by atoms with Gasteiger partial charge in [0.25, 0.3) is 0 Å². The molecule has 3 nitrogen and oxygen atoms in total. The number of hydrogen-bond acceptors (Lipinski definition) is 3. The summed E-state index contributed by atoms with van der Waals surface area (Å²) in [6.07, 6.45) is -6.08. The molecule has 0 radical (unpaired) electrons. The van der Waals surface area contributed by atoms with Gasteiger partial charge in [-0.2, -0.15) is 17.6 Å². The van der Waals surface area contributed by atoms with E-state index in [4.69, 9.17) is 4.74 Å². The summed E-state index contributed by atoms with van der Waals surface area (Å²) in [7, 11) is 0. The van der Waals surface area contributed by atoms with E-state index in [9.17, 15) is 43.9 Å². The van der Waals surface area contributed by atoms with Crippen molar-refractivity contribution in [1.82, 2.24) is 0 Å². The van der Waals surface area contributed by atoms with Crippen LogP contribution in [0, 0.1) is 40.8 Å². The van der Waals surface area contributed by atoms with Crippen molar-refractivity contribution in [2.24, 2.45) is 5.92 Å². The smallest absolute Gasteiger partial charge is 0.429 e. The summed E-state index contributed by atoms with van der Waals surface area (Å²) in [6.45, 7) is 0.882. The third-order valence-corrected chi connectivity index (χ3v) is 6.51. The van der Waals surface area contributed by atoms with E-state index < -0.39 is 88.0 Å². The van der Waals surface area contributed by atoms with Gasteiger partial charge in [0.2, 0.25) is 0 Å². The van der Waals surface area contributed by atoms with Gasteiger partial charge in [0.1, 0.15) is 29.0 Å². The first-order chi connectivity index (χ1) is 19.1. The Hall–Kier alpha value is -3.48. The highest BCUT2D eigenvalue weighted by molar-refractivity contribution is 5.66. The van der Waals surface area contributed by atoms with Crippen molar-refractivity contribution in [1.29, 1.82) is 0 Å². The molecule has 1 saturated carbocycles. The van der Waals surface area contributed by atoms with Crippen molar-refractivity contribution in [2.75, 3.05) is 6.61 Å².